The lowest BCUT2D eigenvalue weighted by molar-refractivity contribution is 0.0372. The Bertz CT molecular complexity index is 222. The highest BCUT2D eigenvalue weighted by atomic mass is 79.9. The van der Waals surface area contributed by atoms with E-state index in [0.717, 1.165) is 8.96 Å². The fraction of sp³-hybridized carbons (Fsp3) is 0.800. The second-order valence-electron chi connectivity index (χ2n) is 3.35. The van der Waals surface area contributed by atoms with Crippen LogP contribution in [0, 0.1) is 0 Å². The van der Waals surface area contributed by atoms with Crippen LogP contribution in [-0.2, 0) is 9.47 Å². The monoisotopic (exact) mass is 428 g/mol. The number of aliphatic hydroxyl groups is 2. The molecule has 18 heavy (non-hydrogen) atoms. The Morgan fingerprint density at radius 2 is 1.22 bits per heavy atom. The molecule has 0 radical (unpaired) electrons. The van der Waals surface area contributed by atoms with Gasteiger partial charge in [0.15, 0.2) is 0 Å². The molecule has 2 unspecified atom stereocenters. The van der Waals surface area contributed by atoms with Gasteiger partial charge >= 0.3 is 0 Å². The molecule has 0 saturated carbocycles. The summed E-state index contributed by atoms with van der Waals surface area (Å²) in [7, 11) is 0. The van der Waals surface area contributed by atoms with Crippen LogP contribution in [0.4, 0.5) is 0 Å². The largest absolute Gasteiger partial charge is 0.394 e. The van der Waals surface area contributed by atoms with Gasteiger partial charge in [0.2, 0.25) is 0 Å². The molecule has 0 aromatic carbocycles. The minimum atomic E-state index is -0.395. The fourth-order valence-corrected chi connectivity index (χ4v) is 1.70. The molecule has 0 aliphatic heterocycles. The maximum absolute atomic E-state index is 8.90. The maximum Gasteiger partial charge on any atom is 0.0945 e. The zero-order valence-electron chi connectivity index (χ0n) is 9.62. The molecule has 0 amide bonds. The van der Waals surface area contributed by atoms with Crippen molar-refractivity contribution >= 4 is 55.1 Å². The zero-order valence-corrected chi connectivity index (χ0v) is 14.3. The molecule has 4 nitrogen and oxygen atoms in total. The van der Waals surface area contributed by atoms with Crippen molar-refractivity contribution < 1.29 is 19.7 Å². The first-order chi connectivity index (χ1) is 8.58. The Hall–Kier alpha value is 1.12. The van der Waals surface area contributed by atoms with Crippen molar-refractivity contribution in [3.05, 3.63) is 8.96 Å². The topological polar surface area (TPSA) is 58.9 Å². The highest BCUT2D eigenvalue weighted by Crippen LogP contribution is 2.20. The van der Waals surface area contributed by atoms with E-state index in [9.17, 15) is 0 Å². The highest BCUT2D eigenvalue weighted by Gasteiger charge is 2.10. The Morgan fingerprint density at radius 3 is 1.44 bits per heavy atom. The van der Waals surface area contributed by atoms with Crippen LogP contribution in [0.2, 0.25) is 0 Å². The number of hydrogen-bond donors (Lipinski definition) is 2. The number of aliphatic hydroxyl groups excluding tert-OH is 2. The highest BCUT2D eigenvalue weighted by molar-refractivity contribution is 9.14. The van der Waals surface area contributed by atoms with Gasteiger partial charge in [0.05, 0.1) is 50.4 Å². The van der Waals surface area contributed by atoms with E-state index in [1.54, 1.807) is 0 Å². The Balaban J connectivity index is 4.09. The molecule has 0 fully saturated rings. The van der Waals surface area contributed by atoms with Gasteiger partial charge in [-0.2, -0.15) is 0 Å². The first kappa shape index (κ1) is 19.1. The van der Waals surface area contributed by atoms with E-state index in [2.05, 4.69) is 31.9 Å². The molecule has 2 atom stereocenters. The van der Waals surface area contributed by atoms with Gasteiger partial charge in [-0.3, -0.25) is 0 Å². The molecule has 0 saturated heterocycles. The molecule has 0 rings (SSSR count). The third kappa shape index (κ3) is 8.32. The Kier molecular flexibility index (Phi) is 12.6. The standard InChI is InChI=1S/C10H16Br2Cl2O4/c11-9(5-17-7(1-13)3-15)10(12)6-18-8(2-14)4-16/h7-8,15-16H,1-6H2. The smallest absolute Gasteiger partial charge is 0.0945 e. The Morgan fingerprint density at radius 1 is 0.889 bits per heavy atom. The summed E-state index contributed by atoms with van der Waals surface area (Å²) in [4.78, 5) is 0. The maximum atomic E-state index is 8.90. The molecule has 2 N–H and O–H groups in total. The number of hydrogen-bond acceptors (Lipinski definition) is 4. The van der Waals surface area contributed by atoms with E-state index in [1.165, 1.54) is 0 Å². The van der Waals surface area contributed by atoms with Crippen molar-refractivity contribution in [3.8, 4) is 0 Å². The summed E-state index contributed by atoms with van der Waals surface area (Å²) in [5.74, 6) is 0.452. The van der Waals surface area contributed by atoms with Crippen LogP contribution in [-0.4, -0.2) is 60.6 Å². The van der Waals surface area contributed by atoms with E-state index < -0.39 is 12.2 Å². The molecule has 0 heterocycles. The first-order valence-electron chi connectivity index (χ1n) is 5.18. The second-order valence-corrected chi connectivity index (χ2v) is 5.88. The van der Waals surface area contributed by atoms with Gasteiger partial charge in [-0.1, -0.05) is 31.9 Å². The number of alkyl halides is 2. The minimum Gasteiger partial charge on any atom is -0.394 e. The van der Waals surface area contributed by atoms with Crippen LogP contribution < -0.4 is 0 Å². The van der Waals surface area contributed by atoms with Gasteiger partial charge in [-0.05, 0) is 0 Å². The molecule has 0 aromatic heterocycles. The van der Waals surface area contributed by atoms with E-state index in [0.29, 0.717) is 0 Å². The fourth-order valence-electron chi connectivity index (χ4n) is 0.831. The SMILES string of the molecule is OCC(CCl)OCC(Br)=C(Br)COC(CO)CCl. The van der Waals surface area contributed by atoms with Crippen LogP contribution in [0.25, 0.3) is 0 Å². The summed E-state index contributed by atoms with van der Waals surface area (Å²) in [5, 5.41) is 17.8. The third-order valence-corrected chi connectivity index (χ3v) is 4.57. The number of rotatable bonds is 10. The molecule has 0 aliphatic rings. The van der Waals surface area contributed by atoms with E-state index >= 15 is 0 Å². The van der Waals surface area contributed by atoms with Crippen molar-refractivity contribution in [1.29, 1.82) is 0 Å². The average Bonchev–Trinajstić information content (AvgIpc) is 2.40. The van der Waals surface area contributed by atoms with Gasteiger partial charge in [0, 0.05) is 8.96 Å². The normalized spacial score (nSPS) is 16.3. The summed E-state index contributed by atoms with van der Waals surface area (Å²) < 4.78 is 12.2. The third-order valence-electron chi connectivity index (χ3n) is 1.94. The molecule has 8 heteroatoms. The summed E-state index contributed by atoms with van der Waals surface area (Å²) >= 11 is 17.8. The van der Waals surface area contributed by atoms with Crippen LogP contribution in [0.1, 0.15) is 0 Å². The average molecular weight is 431 g/mol. The quantitative estimate of drug-likeness (QED) is 0.522. The van der Waals surface area contributed by atoms with Gasteiger partial charge in [-0.25, -0.2) is 0 Å². The van der Waals surface area contributed by atoms with Crippen LogP contribution in [0.15, 0.2) is 8.96 Å². The van der Waals surface area contributed by atoms with Gasteiger partial charge in [0.25, 0.3) is 0 Å². The van der Waals surface area contributed by atoms with Gasteiger partial charge in [0.1, 0.15) is 0 Å². The van der Waals surface area contributed by atoms with Gasteiger partial charge in [-0.15, -0.1) is 23.2 Å². The van der Waals surface area contributed by atoms with Crippen LogP contribution >= 0.6 is 55.1 Å². The van der Waals surface area contributed by atoms with E-state index in [1.807, 2.05) is 0 Å². The first-order valence-corrected chi connectivity index (χ1v) is 7.84. The minimum absolute atomic E-state index is 0.128. The molecule has 0 aromatic rings. The zero-order chi connectivity index (χ0) is 14.0. The second kappa shape index (κ2) is 11.9. The molecular weight excluding hydrogens is 415 g/mol. The van der Waals surface area contributed by atoms with Crippen LogP contribution in [0.5, 0.6) is 0 Å². The summed E-state index contributed by atoms with van der Waals surface area (Å²) in [5.41, 5.74) is 0. The predicted octanol–water partition coefficient (Wildman–Crippen LogP) is 2.22. The summed E-state index contributed by atoms with van der Waals surface area (Å²) in [6.45, 7) is 0.284. The number of halogens is 4. The molecule has 0 aliphatic carbocycles. The van der Waals surface area contributed by atoms with Crippen molar-refractivity contribution in [1.82, 2.24) is 0 Å². The van der Waals surface area contributed by atoms with Crippen molar-refractivity contribution in [2.75, 3.05) is 38.2 Å². The van der Waals surface area contributed by atoms with Gasteiger partial charge < -0.3 is 19.7 Å². The molecule has 108 valence electrons. The van der Waals surface area contributed by atoms with E-state index in [4.69, 9.17) is 42.9 Å². The number of ether oxygens (including phenoxy) is 2. The lowest BCUT2D eigenvalue weighted by Crippen LogP contribution is -2.21. The Labute approximate surface area is 133 Å². The molecule has 0 spiro atoms. The van der Waals surface area contributed by atoms with Crippen molar-refractivity contribution in [2.24, 2.45) is 0 Å². The lowest BCUT2D eigenvalue weighted by Gasteiger charge is -2.14. The predicted molar refractivity (Wildman–Crippen MR) is 80.0 cm³/mol. The summed E-state index contributed by atoms with van der Waals surface area (Å²) in [6.07, 6.45) is -0.790. The van der Waals surface area contributed by atoms with Crippen molar-refractivity contribution in [2.45, 2.75) is 12.2 Å². The van der Waals surface area contributed by atoms with Crippen molar-refractivity contribution in [3.63, 3.8) is 0 Å². The van der Waals surface area contributed by atoms with E-state index in [-0.39, 0.29) is 38.2 Å². The molecule has 0 bridgehead atoms. The lowest BCUT2D eigenvalue weighted by atomic mass is 10.4. The summed E-state index contributed by atoms with van der Waals surface area (Å²) in [6, 6.07) is 0. The van der Waals surface area contributed by atoms with Crippen LogP contribution in [0.3, 0.4) is 0 Å². The molecular formula is C10H16Br2Cl2O4.